The minimum atomic E-state index is -0.657. The molecule has 0 heterocycles. The van der Waals surface area contributed by atoms with Crippen molar-refractivity contribution in [1.29, 1.82) is 0 Å². The molecule has 0 radical (unpaired) electrons. The first-order chi connectivity index (χ1) is 9.66. The Hall–Kier alpha value is -1.39. The molecule has 2 aliphatic carbocycles. The average molecular weight is 274 g/mol. The molecule has 0 aliphatic heterocycles. The topological polar surface area (TPSA) is 75.4 Å². The zero-order valence-electron chi connectivity index (χ0n) is 11.5. The van der Waals surface area contributed by atoms with Gasteiger partial charge < -0.3 is 16.2 Å². The second kappa shape index (κ2) is 5.54. The molecular weight excluding hydrogens is 252 g/mol. The molecule has 1 amide bonds. The largest absolute Gasteiger partial charge is 0.387 e. The fourth-order valence-electron chi connectivity index (χ4n) is 3.83. The molecule has 0 aromatic heterocycles. The van der Waals surface area contributed by atoms with E-state index in [1.54, 1.807) is 0 Å². The predicted octanol–water partition coefficient (Wildman–Crippen LogP) is 1.21. The smallest absolute Gasteiger partial charge is 0.225 e. The molecule has 0 saturated heterocycles. The van der Waals surface area contributed by atoms with Crippen molar-refractivity contribution in [2.24, 2.45) is 23.5 Å². The fourth-order valence-corrected chi connectivity index (χ4v) is 3.83. The Balaban J connectivity index is 1.55. The Labute approximate surface area is 119 Å². The Bertz CT molecular complexity index is 475. The minimum absolute atomic E-state index is 0.00242. The lowest BCUT2D eigenvalue weighted by Crippen LogP contribution is -2.46. The fraction of sp³-hybridized carbons (Fsp3) is 0.562. The van der Waals surface area contributed by atoms with Gasteiger partial charge in [-0.2, -0.15) is 0 Å². The number of nitrogens with one attached hydrogen (secondary N) is 1. The van der Waals surface area contributed by atoms with E-state index >= 15 is 0 Å². The van der Waals surface area contributed by atoms with Crippen molar-refractivity contribution in [2.45, 2.75) is 31.4 Å². The number of benzene rings is 1. The summed E-state index contributed by atoms with van der Waals surface area (Å²) in [6.07, 6.45) is 2.73. The van der Waals surface area contributed by atoms with Crippen LogP contribution in [0.1, 0.15) is 30.9 Å². The van der Waals surface area contributed by atoms with Crippen LogP contribution in [0.15, 0.2) is 30.3 Å². The monoisotopic (exact) mass is 274 g/mol. The lowest BCUT2D eigenvalue weighted by molar-refractivity contribution is -0.127. The van der Waals surface area contributed by atoms with Crippen LogP contribution in [0.2, 0.25) is 0 Å². The van der Waals surface area contributed by atoms with Crippen LogP contribution in [0.25, 0.3) is 0 Å². The number of carbonyl (C=O) groups is 1. The maximum Gasteiger partial charge on any atom is 0.225 e. The third-order valence-electron chi connectivity index (χ3n) is 4.94. The molecule has 1 aromatic rings. The molecular formula is C16H22N2O2. The van der Waals surface area contributed by atoms with Gasteiger partial charge in [0.2, 0.25) is 5.91 Å². The van der Waals surface area contributed by atoms with E-state index in [0.717, 1.165) is 18.4 Å². The molecule has 2 fully saturated rings. The summed E-state index contributed by atoms with van der Waals surface area (Å²) in [5.74, 6) is 0.926. The van der Waals surface area contributed by atoms with Crippen molar-refractivity contribution < 1.29 is 9.90 Å². The third-order valence-corrected chi connectivity index (χ3v) is 4.94. The van der Waals surface area contributed by atoms with Gasteiger partial charge in [0.25, 0.3) is 0 Å². The highest BCUT2D eigenvalue weighted by molar-refractivity contribution is 5.80. The maximum absolute atomic E-state index is 12.3. The number of nitrogens with two attached hydrogens (primary N) is 1. The van der Waals surface area contributed by atoms with Crippen molar-refractivity contribution in [3.05, 3.63) is 35.9 Å². The number of aliphatic hydroxyl groups excluding tert-OH is 1. The number of carbonyl (C=O) groups excluding carboxylic acids is 1. The van der Waals surface area contributed by atoms with E-state index in [9.17, 15) is 9.90 Å². The molecule has 1 aromatic carbocycles. The summed E-state index contributed by atoms with van der Waals surface area (Å²) in [6, 6.07) is 9.39. The summed E-state index contributed by atoms with van der Waals surface area (Å²) >= 11 is 0. The van der Waals surface area contributed by atoms with E-state index in [1.165, 1.54) is 6.42 Å². The molecule has 2 saturated carbocycles. The molecule has 20 heavy (non-hydrogen) atoms. The van der Waals surface area contributed by atoms with E-state index in [2.05, 4.69) is 5.32 Å². The Kier molecular flexibility index (Phi) is 3.76. The summed E-state index contributed by atoms with van der Waals surface area (Å²) in [4.78, 5) is 12.3. The molecule has 5 atom stereocenters. The van der Waals surface area contributed by atoms with E-state index in [0.29, 0.717) is 11.8 Å². The van der Waals surface area contributed by atoms with Crippen LogP contribution in [-0.4, -0.2) is 23.6 Å². The Morgan fingerprint density at radius 1 is 1.30 bits per heavy atom. The Morgan fingerprint density at radius 2 is 2.00 bits per heavy atom. The number of fused-ring (bicyclic) bond motifs is 2. The lowest BCUT2D eigenvalue weighted by Gasteiger charge is -2.27. The molecule has 4 heteroatoms. The first kappa shape index (κ1) is 13.6. The predicted molar refractivity (Wildman–Crippen MR) is 76.7 cm³/mol. The van der Waals surface area contributed by atoms with Crippen LogP contribution in [0.4, 0.5) is 0 Å². The highest BCUT2D eigenvalue weighted by atomic mass is 16.3. The minimum Gasteiger partial charge on any atom is -0.387 e. The van der Waals surface area contributed by atoms with Crippen LogP contribution in [0, 0.1) is 17.8 Å². The molecule has 4 nitrogen and oxygen atoms in total. The average Bonchev–Trinajstić information content (AvgIpc) is 3.06. The van der Waals surface area contributed by atoms with Crippen LogP contribution < -0.4 is 11.1 Å². The van der Waals surface area contributed by atoms with Gasteiger partial charge in [0.15, 0.2) is 0 Å². The second-order valence-corrected chi connectivity index (χ2v) is 6.11. The molecule has 3 rings (SSSR count). The zero-order chi connectivity index (χ0) is 14.1. The number of hydrogen-bond donors (Lipinski definition) is 3. The quantitative estimate of drug-likeness (QED) is 0.772. The van der Waals surface area contributed by atoms with Gasteiger partial charge >= 0.3 is 0 Å². The van der Waals surface area contributed by atoms with E-state index in [-0.39, 0.29) is 24.4 Å². The van der Waals surface area contributed by atoms with Gasteiger partial charge in [0, 0.05) is 12.6 Å². The van der Waals surface area contributed by atoms with Gasteiger partial charge in [-0.05, 0) is 36.7 Å². The molecule has 4 N–H and O–H groups in total. The number of hydrogen-bond acceptors (Lipinski definition) is 3. The van der Waals surface area contributed by atoms with E-state index in [4.69, 9.17) is 5.73 Å². The van der Waals surface area contributed by atoms with Crippen LogP contribution in [0.3, 0.4) is 0 Å². The molecule has 5 unspecified atom stereocenters. The van der Waals surface area contributed by atoms with Gasteiger partial charge in [0.05, 0.1) is 12.0 Å². The second-order valence-electron chi connectivity index (χ2n) is 6.11. The van der Waals surface area contributed by atoms with Crippen molar-refractivity contribution in [3.63, 3.8) is 0 Å². The lowest BCUT2D eigenvalue weighted by atomic mass is 9.84. The van der Waals surface area contributed by atoms with Crippen LogP contribution in [0.5, 0.6) is 0 Å². The SMILES string of the molecule is NC1C2CCC(C2)C1C(=O)NCC(O)c1ccccc1. The third kappa shape index (κ3) is 2.45. The van der Waals surface area contributed by atoms with Crippen molar-refractivity contribution in [3.8, 4) is 0 Å². The van der Waals surface area contributed by atoms with E-state index in [1.807, 2.05) is 30.3 Å². The molecule has 2 aliphatic rings. The van der Waals surface area contributed by atoms with Gasteiger partial charge in [0.1, 0.15) is 0 Å². The molecule has 2 bridgehead atoms. The molecule has 108 valence electrons. The summed E-state index contributed by atoms with van der Waals surface area (Å²) in [5.41, 5.74) is 6.98. The summed E-state index contributed by atoms with van der Waals surface area (Å²) < 4.78 is 0. The highest BCUT2D eigenvalue weighted by Crippen LogP contribution is 2.47. The zero-order valence-corrected chi connectivity index (χ0v) is 11.5. The number of rotatable bonds is 4. The van der Waals surface area contributed by atoms with Gasteiger partial charge in [-0.1, -0.05) is 30.3 Å². The van der Waals surface area contributed by atoms with Gasteiger partial charge in [-0.15, -0.1) is 0 Å². The highest BCUT2D eigenvalue weighted by Gasteiger charge is 2.48. The van der Waals surface area contributed by atoms with Crippen LogP contribution in [-0.2, 0) is 4.79 Å². The van der Waals surface area contributed by atoms with Crippen molar-refractivity contribution in [2.75, 3.05) is 6.54 Å². The first-order valence-corrected chi connectivity index (χ1v) is 7.43. The molecule has 0 spiro atoms. The van der Waals surface area contributed by atoms with Crippen molar-refractivity contribution in [1.82, 2.24) is 5.32 Å². The number of amides is 1. The number of aliphatic hydroxyl groups is 1. The standard InChI is InChI=1S/C16H22N2O2/c17-15-12-7-6-11(8-12)14(15)16(20)18-9-13(19)10-4-2-1-3-5-10/h1-5,11-15,19H,6-9,17H2,(H,18,20). The maximum atomic E-state index is 12.3. The van der Waals surface area contributed by atoms with E-state index < -0.39 is 6.10 Å². The normalized spacial score (nSPS) is 33.1. The van der Waals surface area contributed by atoms with Gasteiger partial charge in [-0.25, -0.2) is 0 Å². The summed E-state index contributed by atoms with van der Waals surface area (Å²) in [5, 5.41) is 12.9. The first-order valence-electron chi connectivity index (χ1n) is 7.43. The Morgan fingerprint density at radius 3 is 2.65 bits per heavy atom. The summed E-state index contributed by atoms with van der Waals surface area (Å²) in [7, 11) is 0. The van der Waals surface area contributed by atoms with Crippen molar-refractivity contribution >= 4 is 5.91 Å². The van der Waals surface area contributed by atoms with Crippen LogP contribution >= 0.6 is 0 Å². The summed E-state index contributed by atoms with van der Waals surface area (Å²) in [6.45, 7) is 0.253. The van der Waals surface area contributed by atoms with Gasteiger partial charge in [-0.3, -0.25) is 4.79 Å².